The Kier molecular flexibility index (Phi) is 47.6. The summed E-state index contributed by atoms with van der Waals surface area (Å²) in [5.74, 6) is -7.98. The molecule has 694 valence electrons. The molecule has 6 heterocycles. The van der Waals surface area contributed by atoms with Gasteiger partial charge in [0.2, 0.25) is 17.7 Å². The lowest BCUT2D eigenvalue weighted by molar-refractivity contribution is -0.392. The zero-order valence-electron chi connectivity index (χ0n) is 68.7. The number of amides is 3. The number of aliphatic carboxylic acids is 1. The standard InChI is InChI=1S/C79H141N3O37/c1-4-6-8-10-12-14-16-18-19-21-23-25-27-29-31-33-53(94)81-44(45(91)32-30-28-26-24-22-20-17-15-13-11-9-7-5-2)42-108-74-63(102)61(100)67(51(39-87)112-74)114-75-64(103)62(101)68(52(40-88)113-75)115-76-65(104)71(59(98)49(37-85)110-76)117-73-56(80-43(3)90)69(58(97)48(36-84)109-73)116-77-66(105)72(60(99)50(38-86)111-77)119-79(78(106)107)34-46(92)55(82-54(95)41-89)70(118-79)57(96)47(93)35-83/h30,32,44-52,55-77,83-89,91-93,96-105H,4-29,31,33-42H2,1-3H3,(H,80,90)(H,81,94)(H,82,95)(H,106,107)/b32-30+/t44-,45+,46?,47+,48?,49?,50?,51?,52?,55+,56?,57+,58-,59-,60-,61+,62+,63?,64?,65?,66?,67+,68-,69+,70?,71-,72-,73-,74+,75-,76-,77-,79-/m0/s1. The van der Waals surface area contributed by atoms with Gasteiger partial charge in [0.05, 0.1) is 70.5 Å². The summed E-state index contributed by atoms with van der Waals surface area (Å²) in [6, 6.07) is -4.90. The normalized spacial score (nSPS) is 36.2. The van der Waals surface area contributed by atoms with E-state index in [4.69, 9.17) is 56.8 Å². The van der Waals surface area contributed by atoms with Gasteiger partial charge >= 0.3 is 5.97 Å². The summed E-state index contributed by atoms with van der Waals surface area (Å²) in [6.07, 6.45) is -27.2. The van der Waals surface area contributed by atoms with Gasteiger partial charge in [-0.3, -0.25) is 14.4 Å². The van der Waals surface area contributed by atoms with Crippen LogP contribution in [0, 0.1) is 0 Å². The second-order valence-corrected chi connectivity index (χ2v) is 32.1. The number of rotatable bonds is 56. The van der Waals surface area contributed by atoms with Crippen molar-refractivity contribution in [2.45, 2.75) is 409 Å². The maximum atomic E-state index is 13.5. The number of aliphatic hydroxyl groups is 20. The monoisotopic (exact) mass is 1720 g/mol. The highest BCUT2D eigenvalue weighted by Gasteiger charge is 2.62. The predicted molar refractivity (Wildman–Crippen MR) is 412 cm³/mol. The predicted octanol–water partition coefficient (Wildman–Crippen LogP) is -4.25. The van der Waals surface area contributed by atoms with Crippen molar-refractivity contribution in [3.8, 4) is 0 Å². The molecule has 6 saturated heterocycles. The Hall–Kier alpha value is -3.66. The summed E-state index contributed by atoms with van der Waals surface area (Å²) in [5.41, 5.74) is 0. The number of unbranched alkanes of at least 4 members (excludes halogenated alkanes) is 25. The van der Waals surface area contributed by atoms with E-state index in [1.54, 1.807) is 6.08 Å². The minimum atomic E-state index is -3.31. The number of aliphatic hydroxyl groups excluding tert-OH is 20. The van der Waals surface area contributed by atoms with Gasteiger partial charge in [0.1, 0.15) is 147 Å². The number of carboxylic acid groups (broad SMARTS) is 1. The summed E-state index contributed by atoms with van der Waals surface area (Å²) in [5, 5.41) is 240. The van der Waals surface area contributed by atoms with Gasteiger partial charge in [-0.15, -0.1) is 0 Å². The largest absolute Gasteiger partial charge is 0.477 e. The summed E-state index contributed by atoms with van der Waals surface area (Å²) >= 11 is 0. The Balaban J connectivity index is 1.11. The molecule has 0 aromatic heterocycles. The highest BCUT2D eigenvalue weighted by molar-refractivity contribution is 5.78. The van der Waals surface area contributed by atoms with Gasteiger partial charge in [-0.05, 0) is 19.3 Å². The van der Waals surface area contributed by atoms with E-state index >= 15 is 0 Å². The molecule has 0 aromatic carbocycles. The Labute approximate surface area is 694 Å². The zero-order valence-corrected chi connectivity index (χ0v) is 68.7. The van der Waals surface area contributed by atoms with Crippen LogP contribution in [-0.4, -0.2) is 386 Å². The molecule has 0 aliphatic carbocycles. The molecule has 6 fully saturated rings. The van der Waals surface area contributed by atoms with Crippen molar-refractivity contribution in [2.75, 3.05) is 52.9 Å². The molecule has 0 bridgehead atoms. The lowest BCUT2D eigenvalue weighted by atomic mass is 9.88. The van der Waals surface area contributed by atoms with Gasteiger partial charge in [0, 0.05) is 19.8 Å². The molecule has 33 atom stereocenters. The van der Waals surface area contributed by atoms with Crippen molar-refractivity contribution in [3.63, 3.8) is 0 Å². The maximum absolute atomic E-state index is 13.5. The third-order valence-corrected chi connectivity index (χ3v) is 22.8. The molecule has 6 rings (SSSR count). The molecule has 40 heteroatoms. The van der Waals surface area contributed by atoms with Crippen LogP contribution in [0.1, 0.15) is 207 Å². The summed E-state index contributed by atoms with van der Waals surface area (Å²) in [7, 11) is 0. The van der Waals surface area contributed by atoms with E-state index in [1.165, 1.54) is 109 Å². The molecule has 6 aliphatic rings. The number of carbonyl (C=O) groups excluding carboxylic acids is 3. The molecule has 119 heavy (non-hydrogen) atoms. The Morgan fingerprint density at radius 1 is 0.445 bits per heavy atom. The third-order valence-electron chi connectivity index (χ3n) is 22.8. The smallest absolute Gasteiger partial charge is 0.364 e. The van der Waals surface area contributed by atoms with Crippen molar-refractivity contribution in [1.29, 1.82) is 0 Å². The van der Waals surface area contributed by atoms with Crippen molar-refractivity contribution in [2.24, 2.45) is 0 Å². The minimum Gasteiger partial charge on any atom is -0.477 e. The van der Waals surface area contributed by atoms with E-state index in [0.717, 1.165) is 58.3 Å². The lowest BCUT2D eigenvalue weighted by Crippen LogP contribution is -2.71. The molecule has 6 aliphatic heterocycles. The molecule has 40 nitrogen and oxygen atoms in total. The van der Waals surface area contributed by atoms with Crippen LogP contribution in [0.2, 0.25) is 0 Å². The van der Waals surface area contributed by atoms with E-state index in [-0.39, 0.29) is 12.3 Å². The molecule has 12 unspecified atom stereocenters. The first-order chi connectivity index (χ1) is 57.0. The third kappa shape index (κ3) is 30.8. The van der Waals surface area contributed by atoms with Crippen LogP contribution in [0.15, 0.2) is 12.2 Å². The highest BCUT2D eigenvalue weighted by atomic mass is 16.8. The van der Waals surface area contributed by atoms with Crippen molar-refractivity contribution in [3.05, 3.63) is 12.2 Å². The van der Waals surface area contributed by atoms with Crippen LogP contribution in [0.5, 0.6) is 0 Å². The molecule has 0 radical (unpaired) electrons. The van der Waals surface area contributed by atoms with Crippen LogP contribution < -0.4 is 16.0 Å². The topological polar surface area (TPSA) is 640 Å². The number of allylic oxidation sites excluding steroid dienone is 1. The van der Waals surface area contributed by atoms with Gasteiger partial charge in [-0.2, -0.15) is 0 Å². The van der Waals surface area contributed by atoms with Gasteiger partial charge in [-0.1, -0.05) is 180 Å². The van der Waals surface area contributed by atoms with Gasteiger partial charge in [0.15, 0.2) is 31.5 Å². The first-order valence-electron chi connectivity index (χ1n) is 42.8. The SMILES string of the molecule is CCCCCCCCCCCCC/C=C/[C@@H](O)[C@H](CO[C@@H]1OC(CO)[C@@H](O[C@@H]2OC(CO)[C@H](O[C@@H]3OC(CO)[C@H](O)[C@H](O[C@@H]4OC(CO)[C@H](O)[C@H](O[C@@H]5OC(CO)[C@H](O)[C@H](O[C@]6(C(=O)O)CC(O)[C@@H](NC(=O)CO)C([C@H](O)[C@H](O)CO)O6)C5O)C4NC(C)=O)C3O)[C@H](O)C2O)[C@H](O)C1O)NC(=O)CCCCCCCCCCCCCCCCC. The van der Waals surface area contributed by atoms with Crippen LogP contribution in [0.3, 0.4) is 0 Å². The summed E-state index contributed by atoms with van der Waals surface area (Å²) in [4.78, 5) is 52.1. The van der Waals surface area contributed by atoms with Crippen molar-refractivity contribution in [1.82, 2.24) is 16.0 Å². The number of hydrogen-bond acceptors (Lipinski definition) is 36. The van der Waals surface area contributed by atoms with Crippen molar-refractivity contribution >= 4 is 23.7 Å². The number of carbonyl (C=O) groups is 4. The second kappa shape index (κ2) is 54.4. The Morgan fingerprint density at radius 3 is 1.31 bits per heavy atom. The van der Waals surface area contributed by atoms with Gasteiger partial charge < -0.3 is 180 Å². The summed E-state index contributed by atoms with van der Waals surface area (Å²) in [6.45, 7) is -2.99. The van der Waals surface area contributed by atoms with E-state index in [1.807, 2.05) is 6.08 Å². The van der Waals surface area contributed by atoms with Crippen LogP contribution in [-0.2, 0) is 76.0 Å². The zero-order chi connectivity index (χ0) is 87.5. The minimum absolute atomic E-state index is 0.164. The quantitative estimate of drug-likeness (QED) is 0.0203. The van der Waals surface area contributed by atoms with E-state index in [0.29, 0.717) is 12.8 Å². The molecule has 0 aromatic rings. The number of nitrogens with one attached hydrogen (secondary N) is 3. The van der Waals surface area contributed by atoms with Gasteiger partial charge in [0.25, 0.3) is 5.79 Å². The van der Waals surface area contributed by atoms with Crippen LogP contribution in [0.25, 0.3) is 0 Å². The van der Waals surface area contributed by atoms with E-state index in [9.17, 15) is 126 Å². The average Bonchev–Trinajstić information content (AvgIpc) is 0.761. The fraction of sp³-hybridized carbons (Fsp3) is 0.924. The van der Waals surface area contributed by atoms with Crippen LogP contribution >= 0.6 is 0 Å². The van der Waals surface area contributed by atoms with E-state index < -0.39 is 279 Å². The molecule has 3 amide bonds. The Bertz CT molecular complexity index is 2850. The fourth-order valence-corrected chi connectivity index (χ4v) is 15.8. The molecular formula is C79H141N3O37. The summed E-state index contributed by atoms with van der Waals surface area (Å²) < 4.78 is 70.4. The number of ether oxygens (including phenoxy) is 12. The highest BCUT2D eigenvalue weighted by Crippen LogP contribution is 2.41. The molecular weight excluding hydrogens is 1580 g/mol. The first kappa shape index (κ1) is 104. The number of carboxylic acids is 1. The molecule has 0 saturated carbocycles. The van der Waals surface area contributed by atoms with E-state index in [2.05, 4.69) is 29.8 Å². The number of hydrogen-bond donors (Lipinski definition) is 24. The van der Waals surface area contributed by atoms with Gasteiger partial charge in [-0.25, -0.2) is 4.79 Å². The average molecular weight is 1720 g/mol. The molecule has 24 N–H and O–H groups in total. The van der Waals surface area contributed by atoms with Crippen LogP contribution in [0.4, 0.5) is 0 Å². The fourth-order valence-electron chi connectivity index (χ4n) is 15.8. The second-order valence-electron chi connectivity index (χ2n) is 32.1. The first-order valence-corrected chi connectivity index (χ1v) is 42.8. The lowest BCUT2D eigenvalue weighted by Gasteiger charge is -2.51. The maximum Gasteiger partial charge on any atom is 0.364 e. The van der Waals surface area contributed by atoms with Crippen molar-refractivity contribution < 1.29 is 183 Å². The molecule has 0 spiro atoms. The Morgan fingerprint density at radius 2 is 0.849 bits per heavy atom.